The lowest BCUT2D eigenvalue weighted by Gasteiger charge is -2.28. The summed E-state index contributed by atoms with van der Waals surface area (Å²) in [6.45, 7) is 14.8. The van der Waals surface area contributed by atoms with Crippen molar-refractivity contribution in [1.82, 2.24) is 0 Å². The first-order chi connectivity index (χ1) is 10.0. The fourth-order valence-corrected chi connectivity index (χ4v) is 4.11. The van der Waals surface area contributed by atoms with Gasteiger partial charge in [-0.2, -0.15) is 0 Å². The molecular weight excluding hydrogens is 308 g/mol. The summed E-state index contributed by atoms with van der Waals surface area (Å²) in [6.07, 6.45) is 9.24. The molecule has 0 radical (unpaired) electrons. The topological polar surface area (TPSA) is 35.5 Å². The van der Waals surface area contributed by atoms with E-state index in [-0.39, 0.29) is 12.1 Å². The third kappa shape index (κ3) is 13.5. The van der Waals surface area contributed by atoms with Crippen LogP contribution in [0.25, 0.3) is 0 Å². The van der Waals surface area contributed by atoms with Gasteiger partial charge < -0.3 is 8.85 Å². The van der Waals surface area contributed by atoms with Crippen molar-refractivity contribution >= 4 is 22.6 Å². The zero-order valence-corrected chi connectivity index (χ0v) is 18.0. The Hall–Kier alpha value is -0.136. The van der Waals surface area contributed by atoms with Gasteiger partial charge in [-0.1, -0.05) is 51.9 Å². The quantitative estimate of drug-likeness (QED) is 0.334. The molecule has 0 bridgehead atoms. The summed E-state index contributed by atoms with van der Waals surface area (Å²) in [6, 6.07) is 0. The van der Waals surface area contributed by atoms with Crippen LogP contribution in [-0.2, 0) is 13.6 Å². The molecule has 0 aromatic carbocycles. The average Bonchev–Trinajstić information content (AvgIpc) is 2.32. The minimum atomic E-state index is -1.84. The Balaban J connectivity index is 4.23. The largest absolute Gasteiger partial charge is 0.518 e. The van der Waals surface area contributed by atoms with E-state index >= 15 is 0 Å². The van der Waals surface area contributed by atoms with Gasteiger partial charge in [-0.05, 0) is 45.7 Å². The molecule has 0 aliphatic rings. The van der Waals surface area contributed by atoms with Crippen LogP contribution in [0, 0.1) is 0 Å². The maximum Gasteiger partial charge on any atom is 0.320 e. The molecule has 0 amide bonds. The van der Waals surface area contributed by atoms with Crippen LogP contribution in [0.4, 0.5) is 0 Å². The van der Waals surface area contributed by atoms with E-state index in [1.54, 1.807) is 0 Å². The Morgan fingerprint density at radius 2 is 1.32 bits per heavy atom. The molecule has 22 heavy (non-hydrogen) atoms. The fraction of sp³-hybridized carbons (Fsp3) is 0.941. The maximum atomic E-state index is 12.4. The molecule has 0 rings (SSSR count). The van der Waals surface area contributed by atoms with E-state index in [2.05, 4.69) is 26.6 Å². The Kier molecular flexibility index (Phi) is 10.5. The first-order valence-electron chi connectivity index (χ1n) is 8.96. The first-order valence-corrected chi connectivity index (χ1v) is 15.8. The van der Waals surface area contributed by atoms with Crippen LogP contribution in [0.5, 0.6) is 0 Å². The summed E-state index contributed by atoms with van der Waals surface area (Å²) in [5.74, 6) is -0.132. The molecule has 1 unspecified atom stereocenters. The molecule has 0 saturated heterocycles. The van der Waals surface area contributed by atoms with Crippen LogP contribution < -0.4 is 0 Å². The third-order valence-corrected chi connectivity index (χ3v) is 5.04. The first kappa shape index (κ1) is 21.9. The van der Waals surface area contributed by atoms with Gasteiger partial charge in [0.25, 0.3) is 0 Å². The number of hydrogen-bond acceptors (Lipinski definition) is 3. The molecule has 0 heterocycles. The van der Waals surface area contributed by atoms with Gasteiger partial charge in [0, 0.05) is 0 Å². The van der Waals surface area contributed by atoms with Crippen molar-refractivity contribution in [3.05, 3.63) is 0 Å². The second kappa shape index (κ2) is 10.6. The molecule has 132 valence electrons. The van der Waals surface area contributed by atoms with Gasteiger partial charge in [0.05, 0.1) is 0 Å². The normalized spacial score (nSPS) is 14.0. The standard InChI is InChI=1S/C17H38O3Si2/c1-8-9-10-11-12-13-14-15-16(19-21(2,3)4)17(18)20-22(5,6)7/h16H,8-15H2,1-7H3. The Labute approximate surface area is 140 Å². The SMILES string of the molecule is CCCCCCCCCC(O[Si](C)(C)C)C(=O)O[Si](C)(C)C. The Morgan fingerprint density at radius 3 is 1.77 bits per heavy atom. The maximum absolute atomic E-state index is 12.4. The molecule has 0 aliphatic heterocycles. The smallest absolute Gasteiger partial charge is 0.320 e. The van der Waals surface area contributed by atoms with Gasteiger partial charge in [0.1, 0.15) is 6.10 Å². The third-order valence-electron chi connectivity index (χ3n) is 3.24. The molecule has 1 atom stereocenters. The van der Waals surface area contributed by atoms with Crippen LogP contribution >= 0.6 is 0 Å². The molecule has 0 N–H and O–H groups in total. The van der Waals surface area contributed by atoms with E-state index in [1.165, 1.54) is 38.5 Å². The van der Waals surface area contributed by atoms with Crippen molar-refractivity contribution in [3.63, 3.8) is 0 Å². The summed E-state index contributed by atoms with van der Waals surface area (Å²) in [5, 5.41) is 0. The van der Waals surface area contributed by atoms with Crippen molar-refractivity contribution in [2.24, 2.45) is 0 Å². The van der Waals surface area contributed by atoms with Crippen molar-refractivity contribution in [3.8, 4) is 0 Å². The lowest BCUT2D eigenvalue weighted by molar-refractivity contribution is -0.143. The van der Waals surface area contributed by atoms with E-state index in [4.69, 9.17) is 8.85 Å². The summed E-state index contributed by atoms with van der Waals surface area (Å²) in [7, 11) is -3.57. The Morgan fingerprint density at radius 1 is 0.818 bits per heavy atom. The summed E-state index contributed by atoms with van der Waals surface area (Å²) in [4.78, 5) is 12.4. The average molecular weight is 347 g/mol. The van der Waals surface area contributed by atoms with Crippen molar-refractivity contribution < 1.29 is 13.6 Å². The molecule has 0 aromatic rings. The molecule has 0 saturated carbocycles. The zero-order chi connectivity index (χ0) is 17.2. The van der Waals surface area contributed by atoms with Crippen molar-refractivity contribution in [2.45, 2.75) is 104 Å². The highest BCUT2D eigenvalue weighted by atomic mass is 28.4. The van der Waals surface area contributed by atoms with Gasteiger partial charge in [-0.3, -0.25) is 4.79 Å². The van der Waals surface area contributed by atoms with E-state index < -0.39 is 16.6 Å². The van der Waals surface area contributed by atoms with E-state index in [1.807, 2.05) is 19.6 Å². The number of carbonyl (C=O) groups is 1. The lowest BCUT2D eigenvalue weighted by Crippen LogP contribution is -2.41. The van der Waals surface area contributed by atoms with Crippen LogP contribution in [-0.4, -0.2) is 28.7 Å². The number of carbonyl (C=O) groups excluding carboxylic acids is 1. The second-order valence-electron chi connectivity index (χ2n) is 8.16. The number of rotatable bonds is 12. The highest BCUT2D eigenvalue weighted by Gasteiger charge is 2.30. The summed E-state index contributed by atoms with van der Waals surface area (Å²) < 4.78 is 11.7. The second-order valence-corrected chi connectivity index (χ2v) is 17.1. The van der Waals surface area contributed by atoms with Gasteiger partial charge in [0.15, 0.2) is 8.32 Å². The van der Waals surface area contributed by atoms with E-state index in [0.29, 0.717) is 0 Å². The van der Waals surface area contributed by atoms with Crippen LogP contribution in [0.2, 0.25) is 39.3 Å². The van der Waals surface area contributed by atoms with Crippen molar-refractivity contribution in [1.29, 1.82) is 0 Å². The van der Waals surface area contributed by atoms with Crippen LogP contribution in [0.3, 0.4) is 0 Å². The summed E-state index contributed by atoms with van der Waals surface area (Å²) in [5.41, 5.74) is 0. The predicted octanol–water partition coefficient (Wildman–Crippen LogP) is 5.73. The van der Waals surface area contributed by atoms with E-state index in [9.17, 15) is 4.79 Å². The van der Waals surface area contributed by atoms with Crippen molar-refractivity contribution in [2.75, 3.05) is 0 Å². The lowest BCUT2D eigenvalue weighted by atomic mass is 10.1. The molecule has 5 heteroatoms. The minimum absolute atomic E-state index is 0.132. The monoisotopic (exact) mass is 346 g/mol. The summed E-state index contributed by atoms with van der Waals surface area (Å²) >= 11 is 0. The zero-order valence-electron chi connectivity index (χ0n) is 16.0. The number of unbranched alkanes of at least 4 members (excludes halogenated alkanes) is 6. The van der Waals surface area contributed by atoms with E-state index in [0.717, 1.165) is 12.8 Å². The molecular formula is C17H38O3Si2. The van der Waals surface area contributed by atoms with Gasteiger partial charge in [0.2, 0.25) is 8.32 Å². The van der Waals surface area contributed by atoms with Crippen LogP contribution in [0.1, 0.15) is 58.3 Å². The van der Waals surface area contributed by atoms with Crippen LogP contribution in [0.15, 0.2) is 0 Å². The predicted molar refractivity (Wildman–Crippen MR) is 100 cm³/mol. The van der Waals surface area contributed by atoms with Gasteiger partial charge >= 0.3 is 5.97 Å². The highest BCUT2D eigenvalue weighted by molar-refractivity contribution is 6.71. The Bertz CT molecular complexity index is 306. The molecule has 0 aliphatic carbocycles. The fourth-order valence-electron chi connectivity index (χ4n) is 2.31. The molecule has 3 nitrogen and oxygen atoms in total. The van der Waals surface area contributed by atoms with Gasteiger partial charge in [-0.15, -0.1) is 0 Å². The molecule has 0 fully saturated rings. The molecule has 0 aromatic heterocycles. The van der Waals surface area contributed by atoms with Gasteiger partial charge in [-0.25, -0.2) is 0 Å². The molecule has 0 spiro atoms. The highest BCUT2D eigenvalue weighted by Crippen LogP contribution is 2.18. The number of hydrogen-bond donors (Lipinski definition) is 0. The minimum Gasteiger partial charge on any atom is -0.518 e.